The first-order chi connectivity index (χ1) is 18.0. The maximum absolute atomic E-state index is 13.5. The van der Waals surface area contributed by atoms with Crippen LogP contribution in [0, 0.1) is 0 Å². The minimum Gasteiger partial charge on any atom is -0.378 e. The molecular weight excluding hydrogens is 651 g/mol. The Morgan fingerprint density at radius 3 is 0.927 bits per heavy atom. The van der Waals surface area contributed by atoms with Gasteiger partial charge in [-0.25, -0.2) is 17.6 Å². The van der Waals surface area contributed by atoms with Gasteiger partial charge in [-0.2, -0.15) is 75.2 Å². The Morgan fingerprint density at radius 1 is 0.439 bits per heavy atom. The summed E-state index contributed by atoms with van der Waals surface area (Å²) < 4.78 is 279. The Labute approximate surface area is 213 Å². The molecule has 0 N–H and O–H groups in total. The molecule has 0 fully saturated rings. The van der Waals surface area contributed by atoms with Crippen LogP contribution in [0.2, 0.25) is 0 Å². The molecular formula is C17H15F21O3. The molecule has 0 bridgehead atoms. The Hall–Kier alpha value is -1.59. The van der Waals surface area contributed by atoms with Crippen molar-refractivity contribution in [2.45, 2.75) is 79.2 Å². The topological polar surface area (TPSA) is 27.7 Å². The summed E-state index contributed by atoms with van der Waals surface area (Å²) in [5.74, 6) is -55.1. The lowest BCUT2D eigenvalue weighted by atomic mass is 9.97. The highest BCUT2D eigenvalue weighted by Crippen LogP contribution is 2.56. The predicted octanol–water partition coefficient (Wildman–Crippen LogP) is 7.68. The van der Waals surface area contributed by atoms with Gasteiger partial charge < -0.3 is 9.47 Å². The summed E-state index contributed by atoms with van der Waals surface area (Å²) >= 11 is 0. The first kappa shape index (κ1) is 39.4. The van der Waals surface area contributed by atoms with Crippen LogP contribution in [0.3, 0.4) is 0 Å². The quantitative estimate of drug-likeness (QED) is 0.105. The molecule has 0 aromatic heterocycles. The largest absolute Gasteiger partial charge is 0.384 e. The Morgan fingerprint density at radius 2 is 0.707 bits per heavy atom. The zero-order chi connectivity index (χ0) is 33.1. The van der Waals surface area contributed by atoms with Crippen molar-refractivity contribution >= 4 is 0 Å². The summed E-state index contributed by atoms with van der Waals surface area (Å²) in [6, 6.07) is 0. The Bertz CT molecular complexity index is 751. The zero-order valence-corrected chi connectivity index (χ0v) is 19.1. The molecule has 0 unspecified atom stereocenters. The smallest absolute Gasteiger partial charge is 0.378 e. The molecule has 0 spiro atoms. The van der Waals surface area contributed by atoms with Crippen molar-refractivity contribution in [2.75, 3.05) is 26.4 Å². The van der Waals surface area contributed by atoms with Crippen molar-refractivity contribution in [1.82, 2.24) is 0 Å². The lowest BCUT2D eigenvalue weighted by Crippen LogP contribution is -2.64. The van der Waals surface area contributed by atoms with E-state index in [1.54, 1.807) is 0 Å². The van der Waals surface area contributed by atoms with Crippen molar-refractivity contribution in [3.8, 4) is 0 Å². The molecule has 24 heteroatoms. The van der Waals surface area contributed by atoms with Crippen LogP contribution in [0.4, 0.5) is 92.3 Å². The first-order valence-corrected chi connectivity index (χ1v) is 10.0. The molecule has 0 radical (unpaired) electrons. The average molecular weight is 666 g/mol. The highest BCUT2D eigenvalue weighted by atomic mass is 19.4. The number of ether oxygens (including phenoxy) is 2. The second-order valence-corrected chi connectivity index (χ2v) is 7.91. The normalized spacial score (nSPS) is 15.5. The van der Waals surface area contributed by atoms with E-state index < -0.39 is 106 Å². The minimum absolute atomic E-state index is 1.48. The first-order valence-electron chi connectivity index (χ1n) is 10.0. The van der Waals surface area contributed by atoms with Crippen molar-refractivity contribution in [1.29, 1.82) is 0 Å². The van der Waals surface area contributed by atoms with E-state index in [0.717, 1.165) is 0 Å². The molecule has 0 aromatic carbocycles. The van der Waals surface area contributed by atoms with Crippen LogP contribution in [0.5, 0.6) is 0 Å². The van der Waals surface area contributed by atoms with Gasteiger partial charge in [0.15, 0.2) is 0 Å². The van der Waals surface area contributed by atoms with Crippen LogP contribution < -0.4 is 0 Å². The summed E-state index contributed by atoms with van der Waals surface area (Å²) in [5, 5.41) is 0. The fourth-order valence-corrected chi connectivity index (χ4v) is 2.40. The molecule has 0 heterocycles. The summed E-state index contributed by atoms with van der Waals surface area (Å²) in [5.41, 5.74) is 0. The maximum Gasteiger partial charge on any atom is 0.384 e. The number of halogens is 21. The fourth-order valence-electron chi connectivity index (χ4n) is 2.40. The third-order valence-electron chi connectivity index (χ3n) is 4.95. The average Bonchev–Trinajstić information content (AvgIpc) is 2.81. The van der Waals surface area contributed by atoms with Gasteiger partial charge in [0.25, 0.3) is 0 Å². The van der Waals surface area contributed by atoms with E-state index in [0.29, 0.717) is 0 Å². The molecule has 0 saturated carbocycles. The van der Waals surface area contributed by atoms with Crippen LogP contribution in [-0.2, 0) is 14.4 Å². The standard InChI is InChI=1S/C17H15F21O3/c18-8(19)12(26,27)16(34,35)14(30,31)10(22,23)1-3-39-5-7(41-38)6-40-4-2-11(24,25)15(32,33)17(36,37)13(28,29)9(20)21/h7-9H,1-6H2. The lowest BCUT2D eigenvalue weighted by molar-refractivity contribution is -0.385. The molecule has 0 amide bonds. The lowest BCUT2D eigenvalue weighted by Gasteiger charge is -2.36. The summed E-state index contributed by atoms with van der Waals surface area (Å²) in [7, 11) is 0. The number of hydrogen-bond donors (Lipinski definition) is 0. The van der Waals surface area contributed by atoms with E-state index >= 15 is 0 Å². The van der Waals surface area contributed by atoms with Crippen LogP contribution in [0.25, 0.3) is 0 Å². The van der Waals surface area contributed by atoms with Gasteiger partial charge in [0.1, 0.15) is 6.10 Å². The van der Waals surface area contributed by atoms with Gasteiger partial charge in [-0.05, 0) is 4.53 Å². The van der Waals surface area contributed by atoms with E-state index in [1.807, 2.05) is 0 Å². The highest BCUT2D eigenvalue weighted by molar-refractivity contribution is 5.05. The molecule has 248 valence electrons. The monoisotopic (exact) mass is 666 g/mol. The van der Waals surface area contributed by atoms with Crippen molar-refractivity contribution in [2.24, 2.45) is 0 Å². The zero-order valence-electron chi connectivity index (χ0n) is 19.1. The SMILES string of the molecule is FOC(COCCC(F)(F)C(F)(F)C(F)(F)C(F)(F)C(F)F)COCCC(F)(F)C(F)(F)C(F)(F)C(F)(F)C(F)F. The van der Waals surface area contributed by atoms with Gasteiger partial charge >= 0.3 is 60.2 Å². The Kier molecular flexibility index (Phi) is 12.5. The summed E-state index contributed by atoms with van der Waals surface area (Å²) in [6.45, 7) is -6.69. The van der Waals surface area contributed by atoms with Crippen LogP contribution >= 0.6 is 0 Å². The van der Waals surface area contributed by atoms with Crippen LogP contribution in [-0.4, -0.2) is 92.8 Å². The molecule has 0 saturated heterocycles. The fraction of sp³-hybridized carbons (Fsp3) is 1.00. The van der Waals surface area contributed by atoms with Crippen LogP contribution in [0.1, 0.15) is 12.8 Å². The second-order valence-electron chi connectivity index (χ2n) is 7.91. The highest BCUT2D eigenvalue weighted by Gasteiger charge is 2.83. The van der Waals surface area contributed by atoms with Crippen molar-refractivity contribution in [3.63, 3.8) is 0 Å². The van der Waals surface area contributed by atoms with Crippen molar-refractivity contribution < 1.29 is 107 Å². The predicted molar refractivity (Wildman–Crippen MR) is 88.4 cm³/mol. The molecule has 0 atom stereocenters. The van der Waals surface area contributed by atoms with E-state index in [1.165, 1.54) is 0 Å². The number of alkyl halides is 20. The minimum atomic E-state index is -7.31. The van der Waals surface area contributed by atoms with E-state index in [-0.39, 0.29) is 0 Å². The summed E-state index contributed by atoms with van der Waals surface area (Å²) in [4.78, 5) is 2.97. The van der Waals surface area contributed by atoms with Crippen molar-refractivity contribution in [3.05, 3.63) is 0 Å². The third kappa shape index (κ3) is 7.50. The van der Waals surface area contributed by atoms with Gasteiger partial charge in [0.05, 0.1) is 26.4 Å². The van der Waals surface area contributed by atoms with E-state index in [4.69, 9.17) is 0 Å². The molecule has 0 aliphatic carbocycles. The molecule has 0 rings (SSSR count). The number of rotatable bonds is 19. The number of hydrogen-bond acceptors (Lipinski definition) is 3. The van der Waals surface area contributed by atoms with Crippen LogP contribution in [0.15, 0.2) is 0 Å². The van der Waals surface area contributed by atoms with E-state index in [2.05, 4.69) is 14.4 Å². The van der Waals surface area contributed by atoms with E-state index in [9.17, 15) is 92.3 Å². The molecule has 0 aliphatic heterocycles. The second kappa shape index (κ2) is 13.0. The molecule has 3 nitrogen and oxygen atoms in total. The molecule has 0 aromatic rings. The van der Waals surface area contributed by atoms with Gasteiger partial charge in [0.2, 0.25) is 0 Å². The summed E-state index contributed by atoms with van der Waals surface area (Å²) in [6.07, 6.45) is -18.6. The third-order valence-corrected chi connectivity index (χ3v) is 4.95. The van der Waals surface area contributed by atoms with Gasteiger partial charge in [-0.1, -0.05) is 0 Å². The van der Waals surface area contributed by atoms with Gasteiger partial charge in [-0.3, -0.25) is 0 Å². The Balaban J connectivity index is 5.04. The maximum atomic E-state index is 13.5. The molecule has 0 aliphatic rings. The van der Waals surface area contributed by atoms with Gasteiger partial charge in [0, 0.05) is 12.8 Å². The van der Waals surface area contributed by atoms with Gasteiger partial charge in [-0.15, -0.1) is 0 Å². The molecule has 41 heavy (non-hydrogen) atoms.